The molecule has 0 fully saturated rings. The number of Topliss-reactive ketones (excluding diaryl/α,β-unsaturated/α-hetero) is 1. The zero-order valence-corrected chi connectivity index (χ0v) is 13.7. The van der Waals surface area contributed by atoms with Gasteiger partial charge >= 0.3 is 0 Å². The molecule has 0 spiro atoms. The van der Waals surface area contributed by atoms with Crippen molar-refractivity contribution in [2.24, 2.45) is 0 Å². The number of fused-ring (bicyclic) bond motifs is 1. The van der Waals surface area contributed by atoms with Crippen molar-refractivity contribution in [3.8, 4) is 11.5 Å². The highest BCUT2D eigenvalue weighted by atomic mass is 16.5. The number of ether oxygens (including phenoxy) is 2. The van der Waals surface area contributed by atoms with Crippen LogP contribution in [0, 0.1) is 0 Å². The van der Waals surface area contributed by atoms with Gasteiger partial charge in [0.1, 0.15) is 11.5 Å². The maximum atomic E-state index is 12.5. The van der Waals surface area contributed by atoms with Crippen LogP contribution >= 0.6 is 0 Å². The van der Waals surface area contributed by atoms with E-state index < -0.39 is 0 Å². The highest BCUT2D eigenvalue weighted by Gasteiger charge is 2.25. The fourth-order valence-electron chi connectivity index (χ4n) is 2.79. The summed E-state index contributed by atoms with van der Waals surface area (Å²) in [5, 5.41) is 0. The lowest BCUT2D eigenvalue weighted by Crippen LogP contribution is -2.33. The van der Waals surface area contributed by atoms with Crippen LogP contribution in [-0.2, 0) is 11.2 Å². The summed E-state index contributed by atoms with van der Waals surface area (Å²) in [7, 11) is 1.58. The number of hydrogen-bond acceptors (Lipinski definition) is 4. The van der Waals surface area contributed by atoms with Crippen molar-refractivity contribution in [3.63, 3.8) is 0 Å². The van der Waals surface area contributed by atoms with Gasteiger partial charge in [-0.15, -0.1) is 0 Å². The predicted molar refractivity (Wildman–Crippen MR) is 91.0 cm³/mol. The second-order valence-electron chi connectivity index (χ2n) is 5.66. The number of rotatable bonds is 5. The van der Waals surface area contributed by atoms with Crippen LogP contribution in [0.4, 0.5) is 5.69 Å². The summed E-state index contributed by atoms with van der Waals surface area (Å²) in [4.78, 5) is 25.6. The summed E-state index contributed by atoms with van der Waals surface area (Å²) < 4.78 is 10.7. The Kier molecular flexibility index (Phi) is 4.51. The molecule has 0 saturated carbocycles. The summed E-state index contributed by atoms with van der Waals surface area (Å²) in [6.07, 6.45) is 0.751. The molecule has 0 radical (unpaired) electrons. The van der Waals surface area contributed by atoms with Gasteiger partial charge in [0, 0.05) is 23.9 Å². The van der Waals surface area contributed by atoms with Crippen molar-refractivity contribution in [1.82, 2.24) is 0 Å². The van der Waals surface area contributed by atoms with Gasteiger partial charge < -0.3 is 14.4 Å². The molecule has 0 aromatic heterocycles. The fourth-order valence-corrected chi connectivity index (χ4v) is 2.79. The van der Waals surface area contributed by atoms with Gasteiger partial charge in [0.25, 0.3) is 5.91 Å². The Morgan fingerprint density at radius 3 is 2.67 bits per heavy atom. The minimum Gasteiger partial charge on any atom is -0.497 e. The van der Waals surface area contributed by atoms with E-state index in [0.29, 0.717) is 23.6 Å². The molecular formula is C19H19NO4. The first-order valence-corrected chi connectivity index (χ1v) is 7.79. The first-order valence-electron chi connectivity index (χ1n) is 7.79. The Morgan fingerprint density at radius 1 is 1.12 bits per heavy atom. The van der Waals surface area contributed by atoms with Gasteiger partial charge in [0.2, 0.25) is 0 Å². The Balaban J connectivity index is 1.68. The van der Waals surface area contributed by atoms with Crippen LogP contribution in [-0.4, -0.2) is 32.0 Å². The molecule has 0 bridgehead atoms. The highest BCUT2D eigenvalue weighted by Crippen LogP contribution is 2.29. The summed E-state index contributed by atoms with van der Waals surface area (Å²) in [6, 6.07) is 12.6. The van der Waals surface area contributed by atoms with E-state index in [-0.39, 0.29) is 18.3 Å². The SMILES string of the molecule is COc1cccc(OCC(=O)N2CCc3cc(C(C)=O)ccc32)c1. The van der Waals surface area contributed by atoms with Gasteiger partial charge in [-0.1, -0.05) is 6.07 Å². The van der Waals surface area contributed by atoms with Crippen molar-refractivity contribution in [3.05, 3.63) is 53.6 Å². The molecule has 1 aliphatic heterocycles. The van der Waals surface area contributed by atoms with Crippen molar-refractivity contribution in [2.75, 3.05) is 25.2 Å². The third kappa shape index (κ3) is 3.25. The van der Waals surface area contributed by atoms with Gasteiger partial charge in [0.15, 0.2) is 12.4 Å². The quantitative estimate of drug-likeness (QED) is 0.793. The van der Waals surface area contributed by atoms with Gasteiger partial charge in [-0.2, -0.15) is 0 Å². The van der Waals surface area contributed by atoms with E-state index >= 15 is 0 Å². The lowest BCUT2D eigenvalue weighted by atomic mass is 10.1. The standard InChI is InChI=1S/C19H19NO4/c1-13(21)14-6-7-18-15(10-14)8-9-20(18)19(22)12-24-17-5-3-4-16(11-17)23-2/h3-7,10-11H,8-9,12H2,1-2H3. The van der Waals surface area contributed by atoms with E-state index in [4.69, 9.17) is 9.47 Å². The van der Waals surface area contributed by atoms with Gasteiger partial charge in [-0.05, 0) is 49.2 Å². The third-order valence-corrected chi connectivity index (χ3v) is 4.09. The third-order valence-electron chi connectivity index (χ3n) is 4.09. The van der Waals surface area contributed by atoms with Crippen molar-refractivity contribution in [2.45, 2.75) is 13.3 Å². The number of benzene rings is 2. The van der Waals surface area contributed by atoms with Crippen molar-refractivity contribution >= 4 is 17.4 Å². The van der Waals surface area contributed by atoms with E-state index in [9.17, 15) is 9.59 Å². The van der Waals surface area contributed by atoms with E-state index in [1.165, 1.54) is 0 Å². The molecule has 5 heteroatoms. The molecule has 0 N–H and O–H groups in total. The van der Waals surface area contributed by atoms with E-state index in [1.807, 2.05) is 24.3 Å². The monoisotopic (exact) mass is 325 g/mol. The Labute approximate surface area is 140 Å². The number of methoxy groups -OCH3 is 1. The molecule has 24 heavy (non-hydrogen) atoms. The zero-order valence-electron chi connectivity index (χ0n) is 13.7. The number of hydrogen-bond donors (Lipinski definition) is 0. The van der Waals surface area contributed by atoms with E-state index in [0.717, 1.165) is 17.7 Å². The molecule has 2 aromatic rings. The molecule has 0 unspecified atom stereocenters. The number of anilines is 1. The fraction of sp³-hybridized carbons (Fsp3) is 0.263. The molecule has 0 aliphatic carbocycles. The summed E-state index contributed by atoms with van der Waals surface area (Å²) in [5.41, 5.74) is 2.56. The molecule has 0 atom stereocenters. The predicted octanol–water partition coefficient (Wildman–Crippen LogP) is 2.87. The molecule has 5 nitrogen and oxygen atoms in total. The van der Waals surface area contributed by atoms with Crippen LogP contribution in [0.2, 0.25) is 0 Å². The number of carbonyl (C=O) groups is 2. The highest BCUT2D eigenvalue weighted by molar-refractivity contribution is 5.99. The topological polar surface area (TPSA) is 55.8 Å². The summed E-state index contributed by atoms with van der Waals surface area (Å²) >= 11 is 0. The molecule has 1 aliphatic rings. The molecular weight excluding hydrogens is 306 g/mol. The minimum atomic E-state index is -0.104. The van der Waals surface area contributed by atoms with Gasteiger partial charge in [-0.3, -0.25) is 9.59 Å². The maximum absolute atomic E-state index is 12.5. The van der Waals surface area contributed by atoms with Crippen LogP contribution in [0.15, 0.2) is 42.5 Å². The minimum absolute atomic E-state index is 0.0314. The number of nitrogens with zero attached hydrogens (tertiary/aromatic N) is 1. The molecule has 124 valence electrons. The second-order valence-corrected chi connectivity index (χ2v) is 5.66. The largest absolute Gasteiger partial charge is 0.497 e. The average Bonchev–Trinajstić information content (AvgIpc) is 3.03. The van der Waals surface area contributed by atoms with Crippen LogP contribution in [0.1, 0.15) is 22.8 Å². The van der Waals surface area contributed by atoms with Gasteiger partial charge in [0.05, 0.1) is 7.11 Å². The number of amides is 1. The second kappa shape index (κ2) is 6.74. The van der Waals surface area contributed by atoms with Crippen LogP contribution in [0.25, 0.3) is 0 Å². The maximum Gasteiger partial charge on any atom is 0.264 e. The smallest absolute Gasteiger partial charge is 0.264 e. The van der Waals surface area contributed by atoms with E-state index in [1.54, 1.807) is 37.1 Å². The van der Waals surface area contributed by atoms with Crippen molar-refractivity contribution in [1.29, 1.82) is 0 Å². The molecule has 1 amide bonds. The van der Waals surface area contributed by atoms with Crippen LogP contribution < -0.4 is 14.4 Å². The first-order chi connectivity index (χ1) is 11.6. The zero-order chi connectivity index (χ0) is 17.1. The van der Waals surface area contributed by atoms with Crippen LogP contribution in [0.5, 0.6) is 11.5 Å². The van der Waals surface area contributed by atoms with E-state index in [2.05, 4.69) is 0 Å². The average molecular weight is 325 g/mol. The Morgan fingerprint density at radius 2 is 1.92 bits per heavy atom. The summed E-state index contributed by atoms with van der Waals surface area (Å²) in [6.45, 7) is 2.11. The van der Waals surface area contributed by atoms with Gasteiger partial charge in [-0.25, -0.2) is 0 Å². The van der Waals surface area contributed by atoms with Crippen molar-refractivity contribution < 1.29 is 19.1 Å². The normalized spacial score (nSPS) is 12.7. The first kappa shape index (κ1) is 16.1. The summed E-state index contributed by atoms with van der Waals surface area (Å²) in [5.74, 6) is 1.20. The Bertz CT molecular complexity index is 785. The molecule has 0 saturated heterocycles. The lowest BCUT2D eigenvalue weighted by molar-refractivity contribution is -0.120. The molecule has 3 rings (SSSR count). The molecule has 2 aromatic carbocycles. The molecule has 1 heterocycles. The number of ketones is 1. The number of carbonyl (C=O) groups excluding carboxylic acids is 2. The van der Waals surface area contributed by atoms with Crippen LogP contribution in [0.3, 0.4) is 0 Å². The Hall–Kier alpha value is -2.82. The lowest BCUT2D eigenvalue weighted by Gasteiger charge is -2.18.